The summed E-state index contributed by atoms with van der Waals surface area (Å²) in [6.07, 6.45) is 1.66. The maximum absolute atomic E-state index is 10.5. The molecule has 1 rings (SSSR count). The molecular formula is C5H7N2O2. The zero-order valence-corrected chi connectivity index (χ0v) is 4.89. The molecule has 1 saturated heterocycles. The van der Waals surface area contributed by atoms with Crippen molar-refractivity contribution in [2.75, 3.05) is 19.6 Å². The zero-order chi connectivity index (χ0) is 6.69. The van der Waals surface area contributed by atoms with Gasteiger partial charge in [0.25, 0.3) is 0 Å². The van der Waals surface area contributed by atoms with Crippen LogP contribution in [0.4, 0.5) is 0 Å². The first-order chi connectivity index (χ1) is 4.33. The van der Waals surface area contributed by atoms with Crippen molar-refractivity contribution in [2.45, 2.75) is 0 Å². The van der Waals surface area contributed by atoms with Crippen LogP contribution >= 0.6 is 0 Å². The standard InChI is InChI=1S/C5H7N2O2/c8-4-7-2-1-6-5(9)3-7/h1-3H2,(H,6,9). The van der Waals surface area contributed by atoms with Crippen molar-refractivity contribution in [3.05, 3.63) is 0 Å². The molecular weight excluding hydrogens is 120 g/mol. The summed E-state index contributed by atoms with van der Waals surface area (Å²) in [5.74, 6) is -0.107. The van der Waals surface area contributed by atoms with Crippen molar-refractivity contribution in [1.29, 1.82) is 0 Å². The highest BCUT2D eigenvalue weighted by Gasteiger charge is 2.13. The molecule has 0 aliphatic carbocycles. The van der Waals surface area contributed by atoms with Crippen LogP contribution in [0, 0.1) is 0 Å². The van der Waals surface area contributed by atoms with Crippen LogP contribution in [0.25, 0.3) is 0 Å². The van der Waals surface area contributed by atoms with Crippen LogP contribution in [0.15, 0.2) is 0 Å². The summed E-state index contributed by atoms with van der Waals surface area (Å²) in [6, 6.07) is 0. The van der Waals surface area contributed by atoms with Gasteiger partial charge in [-0.25, -0.2) is 0 Å². The van der Waals surface area contributed by atoms with E-state index in [1.165, 1.54) is 4.90 Å². The summed E-state index contributed by atoms with van der Waals surface area (Å²) in [6.45, 7) is 1.28. The SMILES string of the molecule is O=[C]N1CCNC(=O)C1. The molecule has 0 aromatic carbocycles. The quantitative estimate of drug-likeness (QED) is 0.465. The van der Waals surface area contributed by atoms with Gasteiger partial charge in [0.15, 0.2) is 0 Å². The van der Waals surface area contributed by atoms with Crippen molar-refractivity contribution in [3.8, 4) is 0 Å². The molecule has 1 N–H and O–H groups in total. The number of hydrogen-bond acceptors (Lipinski definition) is 2. The average Bonchev–Trinajstić information content (AvgIpc) is 1.88. The fourth-order valence-corrected chi connectivity index (χ4v) is 0.717. The van der Waals surface area contributed by atoms with Gasteiger partial charge in [0.1, 0.15) is 6.54 Å². The van der Waals surface area contributed by atoms with Crippen LogP contribution in [-0.2, 0) is 9.59 Å². The molecule has 9 heavy (non-hydrogen) atoms. The van der Waals surface area contributed by atoms with Crippen LogP contribution in [0.1, 0.15) is 0 Å². The fourth-order valence-electron chi connectivity index (χ4n) is 0.717. The zero-order valence-electron chi connectivity index (χ0n) is 4.89. The summed E-state index contributed by atoms with van der Waals surface area (Å²) in [4.78, 5) is 21.7. The highest BCUT2D eigenvalue weighted by molar-refractivity contribution is 5.80. The van der Waals surface area contributed by atoms with Crippen LogP contribution < -0.4 is 5.32 Å². The van der Waals surface area contributed by atoms with E-state index in [2.05, 4.69) is 5.32 Å². The minimum Gasteiger partial charge on any atom is -0.353 e. The largest absolute Gasteiger partial charge is 0.353 e. The minimum absolute atomic E-state index is 0.107. The van der Waals surface area contributed by atoms with Gasteiger partial charge in [-0.1, -0.05) is 0 Å². The monoisotopic (exact) mass is 127 g/mol. The number of amides is 2. The van der Waals surface area contributed by atoms with Crippen molar-refractivity contribution in [2.24, 2.45) is 0 Å². The van der Waals surface area contributed by atoms with E-state index < -0.39 is 0 Å². The number of nitrogens with one attached hydrogen (secondary N) is 1. The van der Waals surface area contributed by atoms with Crippen molar-refractivity contribution in [3.63, 3.8) is 0 Å². The van der Waals surface area contributed by atoms with E-state index in [4.69, 9.17) is 0 Å². The van der Waals surface area contributed by atoms with Gasteiger partial charge in [0.05, 0.1) is 0 Å². The second-order valence-electron chi connectivity index (χ2n) is 1.86. The lowest BCUT2D eigenvalue weighted by molar-refractivity contribution is -0.122. The molecule has 4 heteroatoms. The van der Waals surface area contributed by atoms with Crippen LogP contribution in [0.3, 0.4) is 0 Å². The summed E-state index contributed by atoms with van der Waals surface area (Å²) in [5.41, 5.74) is 0. The number of rotatable bonds is 1. The van der Waals surface area contributed by atoms with Gasteiger partial charge in [-0.3, -0.25) is 9.59 Å². The maximum Gasteiger partial charge on any atom is 0.312 e. The van der Waals surface area contributed by atoms with Gasteiger partial charge < -0.3 is 10.2 Å². The van der Waals surface area contributed by atoms with Gasteiger partial charge in [0.2, 0.25) is 5.91 Å². The molecule has 4 nitrogen and oxygen atoms in total. The smallest absolute Gasteiger partial charge is 0.312 e. The Labute approximate surface area is 52.8 Å². The van der Waals surface area contributed by atoms with Crippen LogP contribution in [0.5, 0.6) is 0 Å². The first-order valence-electron chi connectivity index (χ1n) is 2.72. The first-order valence-corrected chi connectivity index (χ1v) is 2.72. The topological polar surface area (TPSA) is 49.4 Å². The average molecular weight is 127 g/mol. The molecule has 0 spiro atoms. The number of carbonyl (C=O) groups is 1. The van der Waals surface area contributed by atoms with E-state index in [9.17, 15) is 9.59 Å². The minimum atomic E-state index is -0.107. The summed E-state index contributed by atoms with van der Waals surface area (Å²) in [7, 11) is 0. The molecule has 49 valence electrons. The predicted octanol–water partition coefficient (Wildman–Crippen LogP) is -1.51. The maximum atomic E-state index is 10.5. The number of hydrogen-bond donors (Lipinski definition) is 1. The second kappa shape index (κ2) is 2.48. The van der Waals surface area contributed by atoms with E-state index >= 15 is 0 Å². The molecule has 1 aliphatic rings. The first kappa shape index (κ1) is 6.07. The third-order valence-electron chi connectivity index (χ3n) is 1.17. The number of nitrogens with zero attached hydrogens (tertiary/aromatic N) is 1. The van der Waals surface area contributed by atoms with Gasteiger partial charge in [0, 0.05) is 13.1 Å². The third kappa shape index (κ3) is 1.42. The second-order valence-corrected chi connectivity index (χ2v) is 1.86. The Morgan fingerprint density at radius 3 is 2.89 bits per heavy atom. The Morgan fingerprint density at radius 2 is 2.44 bits per heavy atom. The van der Waals surface area contributed by atoms with E-state index in [-0.39, 0.29) is 12.5 Å². The normalized spacial score (nSPS) is 19.1. The summed E-state index contributed by atoms with van der Waals surface area (Å²) in [5, 5.41) is 2.59. The number of piperazine rings is 1. The Bertz CT molecular complexity index is 135. The summed E-state index contributed by atoms with van der Waals surface area (Å²) >= 11 is 0. The van der Waals surface area contributed by atoms with Crippen LogP contribution in [-0.4, -0.2) is 36.9 Å². The van der Waals surface area contributed by atoms with Gasteiger partial charge in [-0.05, 0) is 0 Å². The highest BCUT2D eigenvalue weighted by Crippen LogP contribution is 1.86. The lowest BCUT2D eigenvalue weighted by Crippen LogP contribution is -2.46. The Kier molecular flexibility index (Phi) is 1.67. The highest BCUT2D eigenvalue weighted by atomic mass is 16.2. The van der Waals surface area contributed by atoms with E-state index in [1.54, 1.807) is 6.41 Å². The summed E-state index contributed by atoms with van der Waals surface area (Å²) < 4.78 is 0. The lowest BCUT2D eigenvalue weighted by atomic mass is 10.4. The molecule has 0 aromatic heterocycles. The molecule has 1 aliphatic heterocycles. The van der Waals surface area contributed by atoms with Crippen molar-refractivity contribution < 1.29 is 9.59 Å². The Hall–Kier alpha value is -1.06. The van der Waals surface area contributed by atoms with Gasteiger partial charge >= 0.3 is 6.41 Å². The Balaban J connectivity index is 2.40. The molecule has 0 unspecified atom stereocenters. The van der Waals surface area contributed by atoms with E-state index in [1.807, 2.05) is 0 Å². The molecule has 0 atom stereocenters. The van der Waals surface area contributed by atoms with Gasteiger partial charge in [-0.15, -0.1) is 0 Å². The van der Waals surface area contributed by atoms with Crippen molar-refractivity contribution >= 4 is 12.3 Å². The predicted molar refractivity (Wildman–Crippen MR) is 30.3 cm³/mol. The van der Waals surface area contributed by atoms with Crippen LogP contribution in [0.2, 0.25) is 0 Å². The molecule has 0 bridgehead atoms. The fraction of sp³-hybridized carbons (Fsp3) is 0.600. The molecule has 1 radical (unpaired) electrons. The lowest BCUT2D eigenvalue weighted by Gasteiger charge is -2.20. The Morgan fingerprint density at radius 1 is 1.67 bits per heavy atom. The van der Waals surface area contributed by atoms with E-state index in [0.29, 0.717) is 13.1 Å². The molecule has 0 saturated carbocycles. The molecule has 1 fully saturated rings. The number of carbonyl (C=O) groups excluding carboxylic acids is 2. The van der Waals surface area contributed by atoms with Gasteiger partial charge in [-0.2, -0.15) is 0 Å². The molecule has 1 heterocycles. The van der Waals surface area contributed by atoms with E-state index in [0.717, 1.165) is 0 Å². The third-order valence-corrected chi connectivity index (χ3v) is 1.17. The molecule has 2 amide bonds. The molecule has 0 aromatic rings. The van der Waals surface area contributed by atoms with Crippen molar-refractivity contribution in [1.82, 2.24) is 10.2 Å².